The van der Waals surface area contributed by atoms with E-state index in [1.165, 1.54) is 5.01 Å². The van der Waals surface area contributed by atoms with Gasteiger partial charge in [0.2, 0.25) is 5.91 Å². The van der Waals surface area contributed by atoms with E-state index in [-0.39, 0.29) is 11.8 Å². The summed E-state index contributed by atoms with van der Waals surface area (Å²) in [5.74, 6) is 0.402. The number of thiazole rings is 1. The summed E-state index contributed by atoms with van der Waals surface area (Å²) in [6.07, 6.45) is 4.09. The van der Waals surface area contributed by atoms with Crippen LogP contribution in [0, 0.1) is 12.8 Å². The van der Waals surface area contributed by atoms with Crippen molar-refractivity contribution in [1.82, 2.24) is 15.2 Å². The number of hydrogen-bond donors (Lipinski definition) is 1. The molecule has 1 aromatic heterocycles. The van der Waals surface area contributed by atoms with E-state index in [4.69, 9.17) is 0 Å². The summed E-state index contributed by atoms with van der Waals surface area (Å²) in [5.41, 5.74) is 1.09. The fraction of sp³-hybridized carbons (Fsp3) is 0.750. The summed E-state index contributed by atoms with van der Waals surface area (Å²) in [6, 6.07) is 0.536. The lowest BCUT2D eigenvalue weighted by molar-refractivity contribution is -0.126. The Balaban J connectivity index is 1.67. The molecule has 5 heteroatoms. The molecule has 1 unspecified atom stereocenters. The highest BCUT2D eigenvalue weighted by Gasteiger charge is 2.26. The SMILES string of the molecule is Cc1csc(CCCNC(=O)C2CCCN(C(C)C)C2)n1. The fourth-order valence-electron chi connectivity index (χ4n) is 2.80. The van der Waals surface area contributed by atoms with Crippen LogP contribution in [0.3, 0.4) is 0 Å². The number of amides is 1. The van der Waals surface area contributed by atoms with Crippen molar-refractivity contribution in [3.05, 3.63) is 16.1 Å². The van der Waals surface area contributed by atoms with Crippen LogP contribution in [-0.4, -0.2) is 41.5 Å². The lowest BCUT2D eigenvalue weighted by Crippen LogP contribution is -2.45. The molecule has 4 nitrogen and oxygen atoms in total. The van der Waals surface area contributed by atoms with Gasteiger partial charge in [0.1, 0.15) is 0 Å². The molecule has 1 atom stereocenters. The van der Waals surface area contributed by atoms with Gasteiger partial charge >= 0.3 is 0 Å². The number of piperidine rings is 1. The zero-order valence-electron chi connectivity index (χ0n) is 13.4. The van der Waals surface area contributed by atoms with Crippen molar-refractivity contribution >= 4 is 17.2 Å². The number of nitrogens with one attached hydrogen (secondary N) is 1. The largest absolute Gasteiger partial charge is 0.356 e. The molecule has 2 heterocycles. The van der Waals surface area contributed by atoms with E-state index in [1.807, 2.05) is 6.92 Å². The average molecular weight is 309 g/mol. The van der Waals surface area contributed by atoms with Crippen molar-refractivity contribution in [3.8, 4) is 0 Å². The lowest BCUT2D eigenvalue weighted by atomic mass is 9.96. The molecule has 118 valence electrons. The highest BCUT2D eigenvalue weighted by atomic mass is 32.1. The van der Waals surface area contributed by atoms with Crippen molar-refractivity contribution < 1.29 is 4.79 Å². The lowest BCUT2D eigenvalue weighted by Gasteiger charge is -2.34. The zero-order chi connectivity index (χ0) is 15.2. The molecule has 0 bridgehead atoms. The van der Waals surface area contributed by atoms with Crippen LogP contribution in [0.15, 0.2) is 5.38 Å². The van der Waals surface area contributed by atoms with Gasteiger partial charge in [0.05, 0.1) is 10.9 Å². The van der Waals surface area contributed by atoms with Gasteiger partial charge in [-0.15, -0.1) is 11.3 Å². The average Bonchev–Trinajstić information content (AvgIpc) is 2.89. The first kappa shape index (κ1) is 16.4. The summed E-state index contributed by atoms with van der Waals surface area (Å²) < 4.78 is 0. The summed E-state index contributed by atoms with van der Waals surface area (Å²) in [6.45, 7) is 9.23. The standard InChI is InChI=1S/C16H27N3OS/c1-12(2)19-9-5-6-14(10-19)16(20)17-8-4-7-15-18-13(3)11-21-15/h11-12,14H,4-10H2,1-3H3,(H,17,20). The van der Waals surface area contributed by atoms with Crippen LogP contribution in [0.4, 0.5) is 0 Å². The number of likely N-dealkylation sites (tertiary alicyclic amines) is 1. The quantitative estimate of drug-likeness (QED) is 0.822. The first-order chi connectivity index (χ1) is 10.1. The number of carbonyl (C=O) groups excluding carboxylic acids is 1. The van der Waals surface area contributed by atoms with E-state index in [9.17, 15) is 4.79 Å². The fourth-order valence-corrected chi connectivity index (χ4v) is 3.62. The van der Waals surface area contributed by atoms with Gasteiger partial charge in [-0.25, -0.2) is 4.98 Å². The second kappa shape index (κ2) is 7.90. The summed E-state index contributed by atoms with van der Waals surface area (Å²) >= 11 is 1.71. The van der Waals surface area contributed by atoms with Crippen molar-refractivity contribution in [3.63, 3.8) is 0 Å². The predicted octanol–water partition coefficient (Wildman–Crippen LogP) is 2.62. The topological polar surface area (TPSA) is 45.2 Å². The normalized spacial score (nSPS) is 19.9. The van der Waals surface area contributed by atoms with Gasteiger partial charge in [-0.1, -0.05) is 0 Å². The molecule has 1 aliphatic rings. The van der Waals surface area contributed by atoms with Crippen LogP contribution in [0.1, 0.15) is 43.8 Å². The van der Waals surface area contributed by atoms with Crippen LogP contribution in [0.2, 0.25) is 0 Å². The minimum atomic E-state index is 0.170. The Morgan fingerprint density at radius 1 is 1.57 bits per heavy atom. The molecule has 0 saturated carbocycles. The van der Waals surface area contributed by atoms with Gasteiger partial charge in [-0.05, 0) is 46.6 Å². The Hall–Kier alpha value is -0.940. The minimum absolute atomic E-state index is 0.170. The number of nitrogens with zero attached hydrogens (tertiary/aromatic N) is 2. The zero-order valence-corrected chi connectivity index (χ0v) is 14.2. The third-order valence-corrected chi connectivity index (χ3v) is 5.11. The smallest absolute Gasteiger partial charge is 0.224 e. The molecule has 2 rings (SSSR count). The maximum atomic E-state index is 12.2. The van der Waals surface area contributed by atoms with Crippen molar-refractivity contribution in [1.29, 1.82) is 0 Å². The molecule has 0 spiro atoms. The van der Waals surface area contributed by atoms with Crippen LogP contribution >= 0.6 is 11.3 Å². The van der Waals surface area contributed by atoms with Gasteiger partial charge < -0.3 is 10.2 Å². The number of aromatic nitrogens is 1. The van der Waals surface area contributed by atoms with Gasteiger partial charge in [0, 0.05) is 36.6 Å². The number of rotatable bonds is 6. The maximum absolute atomic E-state index is 12.2. The van der Waals surface area contributed by atoms with Gasteiger partial charge in [0.15, 0.2) is 0 Å². The van der Waals surface area contributed by atoms with E-state index >= 15 is 0 Å². The van der Waals surface area contributed by atoms with Crippen LogP contribution in [0.5, 0.6) is 0 Å². The van der Waals surface area contributed by atoms with Gasteiger partial charge in [-0.3, -0.25) is 4.79 Å². The second-order valence-electron chi connectivity index (χ2n) is 6.21. The third-order valence-electron chi connectivity index (χ3n) is 4.09. The monoisotopic (exact) mass is 309 g/mol. The van der Waals surface area contributed by atoms with Crippen molar-refractivity contribution in [2.45, 2.75) is 52.5 Å². The second-order valence-corrected chi connectivity index (χ2v) is 7.15. The number of hydrogen-bond acceptors (Lipinski definition) is 4. The summed E-state index contributed by atoms with van der Waals surface area (Å²) in [5, 5.41) is 6.35. The van der Waals surface area contributed by atoms with E-state index in [1.54, 1.807) is 11.3 Å². The molecular formula is C16H27N3OS. The Kier molecular flexibility index (Phi) is 6.18. The van der Waals surface area contributed by atoms with Gasteiger partial charge in [-0.2, -0.15) is 0 Å². The van der Waals surface area contributed by atoms with Crippen LogP contribution < -0.4 is 5.32 Å². The molecule has 21 heavy (non-hydrogen) atoms. The Labute approximate surface area is 132 Å². The van der Waals surface area contributed by atoms with Gasteiger partial charge in [0.25, 0.3) is 0 Å². The minimum Gasteiger partial charge on any atom is -0.356 e. The molecule has 1 N–H and O–H groups in total. The molecule has 1 aromatic rings. The number of carbonyl (C=O) groups is 1. The third kappa shape index (κ3) is 5.08. The summed E-state index contributed by atoms with van der Waals surface area (Å²) in [7, 11) is 0. The Morgan fingerprint density at radius 2 is 2.38 bits per heavy atom. The first-order valence-corrected chi connectivity index (χ1v) is 8.87. The molecule has 0 aromatic carbocycles. The van der Waals surface area contributed by atoms with Crippen LogP contribution in [-0.2, 0) is 11.2 Å². The molecule has 1 saturated heterocycles. The van der Waals surface area contributed by atoms with E-state index in [2.05, 4.69) is 34.4 Å². The first-order valence-electron chi connectivity index (χ1n) is 7.99. The molecule has 1 fully saturated rings. The number of aryl methyl sites for hydroxylation is 2. The van der Waals surface area contributed by atoms with E-state index in [0.717, 1.165) is 51.0 Å². The van der Waals surface area contributed by atoms with E-state index in [0.29, 0.717) is 6.04 Å². The summed E-state index contributed by atoms with van der Waals surface area (Å²) in [4.78, 5) is 19.1. The van der Waals surface area contributed by atoms with E-state index < -0.39 is 0 Å². The van der Waals surface area contributed by atoms with Crippen molar-refractivity contribution in [2.75, 3.05) is 19.6 Å². The molecule has 0 aliphatic carbocycles. The van der Waals surface area contributed by atoms with Crippen LogP contribution in [0.25, 0.3) is 0 Å². The maximum Gasteiger partial charge on any atom is 0.224 e. The highest BCUT2D eigenvalue weighted by Crippen LogP contribution is 2.18. The molecule has 1 amide bonds. The molecule has 1 aliphatic heterocycles. The Bertz CT molecular complexity index is 458. The molecule has 0 radical (unpaired) electrons. The highest BCUT2D eigenvalue weighted by molar-refractivity contribution is 7.09. The Morgan fingerprint density at radius 3 is 3.05 bits per heavy atom. The van der Waals surface area contributed by atoms with Crippen molar-refractivity contribution in [2.24, 2.45) is 5.92 Å². The molecular weight excluding hydrogens is 282 g/mol. The predicted molar refractivity (Wildman–Crippen MR) is 87.6 cm³/mol.